The molecule has 0 aromatic carbocycles. The minimum Gasteiger partial charge on any atom is -0.392 e. The Morgan fingerprint density at radius 1 is 1.58 bits per heavy atom. The van der Waals surface area contributed by atoms with Crippen molar-refractivity contribution in [2.45, 2.75) is 31.9 Å². The topological polar surface area (TPSA) is 85.8 Å². The van der Waals surface area contributed by atoms with Crippen LogP contribution in [0.4, 0.5) is 0 Å². The average Bonchev–Trinajstić information content (AvgIpc) is 2.99. The van der Waals surface area contributed by atoms with Gasteiger partial charge >= 0.3 is 0 Å². The molecule has 3 heterocycles. The van der Waals surface area contributed by atoms with Gasteiger partial charge in [-0.05, 0) is 33.4 Å². The van der Waals surface area contributed by atoms with Crippen molar-refractivity contribution < 1.29 is 14.7 Å². The molecular weight excluding hydrogens is 328 g/mol. The lowest BCUT2D eigenvalue weighted by Gasteiger charge is -2.46. The van der Waals surface area contributed by atoms with Gasteiger partial charge in [-0.25, -0.2) is 4.98 Å². The standard InChI is InChI=1S/C16H24N4O3S/c1-19(2)8-13-18-11(9-24-13)14(22)20-7-4-12(21)16(10-20)5-3-6-17-15(16)23/h9,12,21H,3-8,10H2,1-2H3,(H,17,23)/t12-,16-/m1/s1. The van der Waals surface area contributed by atoms with E-state index < -0.39 is 11.5 Å². The fourth-order valence-corrected chi connectivity index (χ4v) is 4.42. The van der Waals surface area contributed by atoms with Crippen molar-refractivity contribution in [2.24, 2.45) is 5.41 Å². The van der Waals surface area contributed by atoms with Gasteiger partial charge in [0.05, 0.1) is 11.5 Å². The summed E-state index contributed by atoms with van der Waals surface area (Å²) in [4.78, 5) is 33.3. The number of piperidine rings is 2. The maximum Gasteiger partial charge on any atom is 0.273 e. The van der Waals surface area contributed by atoms with E-state index in [1.165, 1.54) is 11.3 Å². The summed E-state index contributed by atoms with van der Waals surface area (Å²) >= 11 is 1.47. The van der Waals surface area contributed by atoms with Crippen LogP contribution in [0.15, 0.2) is 5.38 Å². The number of thiazole rings is 1. The molecule has 8 heteroatoms. The molecule has 0 bridgehead atoms. The van der Waals surface area contributed by atoms with Crippen molar-refractivity contribution in [3.05, 3.63) is 16.1 Å². The lowest BCUT2D eigenvalue weighted by Crippen LogP contribution is -2.62. The Bertz CT molecular complexity index is 633. The Morgan fingerprint density at radius 2 is 2.38 bits per heavy atom. The molecule has 2 fully saturated rings. The highest BCUT2D eigenvalue weighted by Crippen LogP contribution is 2.37. The lowest BCUT2D eigenvalue weighted by molar-refractivity contribution is -0.147. The van der Waals surface area contributed by atoms with Crippen molar-refractivity contribution in [1.82, 2.24) is 20.1 Å². The largest absolute Gasteiger partial charge is 0.392 e. The minimum atomic E-state index is -0.866. The Labute approximate surface area is 145 Å². The van der Waals surface area contributed by atoms with E-state index >= 15 is 0 Å². The predicted octanol–water partition coefficient (Wildman–Crippen LogP) is 0.308. The zero-order valence-corrected chi connectivity index (χ0v) is 14.9. The highest BCUT2D eigenvalue weighted by atomic mass is 32.1. The first-order valence-electron chi connectivity index (χ1n) is 8.27. The average molecular weight is 352 g/mol. The summed E-state index contributed by atoms with van der Waals surface area (Å²) in [6.07, 6.45) is 1.18. The molecule has 0 radical (unpaired) electrons. The van der Waals surface area contributed by atoms with E-state index in [9.17, 15) is 14.7 Å². The van der Waals surface area contributed by atoms with Crippen molar-refractivity contribution in [2.75, 3.05) is 33.7 Å². The fraction of sp³-hybridized carbons (Fsp3) is 0.688. The quantitative estimate of drug-likeness (QED) is 0.818. The van der Waals surface area contributed by atoms with E-state index in [1.54, 1.807) is 10.3 Å². The van der Waals surface area contributed by atoms with Gasteiger partial charge in [0.2, 0.25) is 5.91 Å². The number of hydrogen-bond donors (Lipinski definition) is 2. The summed E-state index contributed by atoms with van der Waals surface area (Å²) in [6, 6.07) is 0. The van der Waals surface area contributed by atoms with Crippen molar-refractivity contribution in [1.29, 1.82) is 0 Å². The van der Waals surface area contributed by atoms with Gasteiger partial charge in [0, 0.05) is 31.6 Å². The maximum atomic E-state index is 12.8. The molecule has 24 heavy (non-hydrogen) atoms. The van der Waals surface area contributed by atoms with E-state index in [4.69, 9.17) is 0 Å². The first-order chi connectivity index (χ1) is 11.4. The number of nitrogens with one attached hydrogen (secondary N) is 1. The zero-order chi connectivity index (χ0) is 17.3. The number of carbonyl (C=O) groups is 2. The molecule has 1 spiro atoms. The van der Waals surface area contributed by atoms with Gasteiger partial charge in [0.15, 0.2) is 0 Å². The number of aliphatic hydroxyl groups excluding tert-OH is 1. The van der Waals surface area contributed by atoms with Gasteiger partial charge in [0.25, 0.3) is 5.91 Å². The molecule has 3 rings (SSSR count). The molecule has 0 unspecified atom stereocenters. The van der Waals surface area contributed by atoms with Crippen LogP contribution in [0.1, 0.15) is 34.8 Å². The molecule has 0 saturated carbocycles. The van der Waals surface area contributed by atoms with Gasteiger partial charge in [-0.15, -0.1) is 11.3 Å². The molecule has 2 aliphatic heterocycles. The number of carbonyl (C=O) groups excluding carboxylic acids is 2. The zero-order valence-electron chi connectivity index (χ0n) is 14.1. The van der Waals surface area contributed by atoms with Crippen LogP contribution in [0.3, 0.4) is 0 Å². The smallest absolute Gasteiger partial charge is 0.273 e. The van der Waals surface area contributed by atoms with Crippen LogP contribution in [-0.4, -0.2) is 71.5 Å². The first-order valence-corrected chi connectivity index (χ1v) is 9.15. The van der Waals surface area contributed by atoms with E-state index in [-0.39, 0.29) is 18.4 Å². The number of amides is 2. The fourth-order valence-electron chi connectivity index (χ4n) is 3.53. The summed E-state index contributed by atoms with van der Waals surface area (Å²) in [6.45, 7) is 2.05. The second-order valence-electron chi connectivity index (χ2n) is 6.91. The lowest BCUT2D eigenvalue weighted by atomic mass is 9.71. The third-order valence-corrected chi connectivity index (χ3v) is 5.66. The summed E-state index contributed by atoms with van der Waals surface area (Å²) in [5.74, 6) is -0.286. The number of nitrogens with zero attached hydrogens (tertiary/aromatic N) is 3. The molecule has 2 saturated heterocycles. The second kappa shape index (κ2) is 6.78. The molecule has 2 amide bonds. The Kier molecular flexibility index (Phi) is 4.89. The van der Waals surface area contributed by atoms with Crippen LogP contribution in [0.5, 0.6) is 0 Å². The molecule has 132 valence electrons. The number of aliphatic hydroxyl groups is 1. The van der Waals surface area contributed by atoms with Crippen LogP contribution in [0.25, 0.3) is 0 Å². The summed E-state index contributed by atoms with van der Waals surface area (Å²) in [5.41, 5.74) is -0.436. The molecule has 1 aromatic rings. The van der Waals surface area contributed by atoms with Gasteiger partial charge < -0.3 is 20.2 Å². The maximum absolute atomic E-state index is 12.8. The van der Waals surface area contributed by atoms with Gasteiger partial charge in [0.1, 0.15) is 10.7 Å². The highest BCUT2D eigenvalue weighted by molar-refractivity contribution is 7.09. The monoisotopic (exact) mass is 352 g/mol. The second-order valence-corrected chi connectivity index (χ2v) is 7.85. The normalized spacial score (nSPS) is 27.6. The van der Waals surface area contributed by atoms with Crippen molar-refractivity contribution in [3.8, 4) is 0 Å². The molecule has 0 aliphatic carbocycles. The van der Waals surface area contributed by atoms with Crippen molar-refractivity contribution in [3.63, 3.8) is 0 Å². The Morgan fingerprint density at radius 3 is 3.08 bits per heavy atom. The summed E-state index contributed by atoms with van der Waals surface area (Å²) < 4.78 is 0. The SMILES string of the molecule is CN(C)Cc1nc(C(=O)N2CC[C@@H](O)[C@@]3(CCCNC3=O)C2)cs1. The van der Waals surface area contributed by atoms with Crippen LogP contribution in [0.2, 0.25) is 0 Å². The van der Waals surface area contributed by atoms with Gasteiger partial charge in [-0.2, -0.15) is 0 Å². The number of likely N-dealkylation sites (tertiary alicyclic amines) is 1. The van der Waals surface area contributed by atoms with Crippen LogP contribution in [-0.2, 0) is 11.3 Å². The first kappa shape index (κ1) is 17.3. The van der Waals surface area contributed by atoms with Crippen LogP contribution < -0.4 is 5.32 Å². The summed E-state index contributed by atoms with van der Waals surface area (Å²) in [5, 5.41) is 15.9. The van der Waals surface area contributed by atoms with E-state index in [0.717, 1.165) is 11.4 Å². The molecule has 2 atom stereocenters. The molecule has 7 nitrogen and oxygen atoms in total. The molecule has 1 aromatic heterocycles. The van der Waals surface area contributed by atoms with Crippen LogP contribution in [0, 0.1) is 5.41 Å². The third-order valence-electron chi connectivity index (χ3n) is 4.83. The molecule has 2 aliphatic rings. The van der Waals surface area contributed by atoms with Crippen molar-refractivity contribution >= 4 is 23.2 Å². The number of aromatic nitrogens is 1. The Balaban J connectivity index is 1.75. The minimum absolute atomic E-state index is 0.134. The highest BCUT2D eigenvalue weighted by Gasteiger charge is 2.50. The Hall–Kier alpha value is -1.51. The number of rotatable bonds is 3. The van der Waals surface area contributed by atoms with E-state index in [2.05, 4.69) is 10.3 Å². The van der Waals surface area contributed by atoms with Crippen LogP contribution >= 0.6 is 11.3 Å². The van der Waals surface area contributed by atoms with Gasteiger partial charge in [-0.3, -0.25) is 9.59 Å². The predicted molar refractivity (Wildman–Crippen MR) is 90.7 cm³/mol. The number of hydrogen-bond acceptors (Lipinski definition) is 6. The molecular formula is C16H24N4O3S. The third kappa shape index (κ3) is 3.18. The molecule has 2 N–H and O–H groups in total. The van der Waals surface area contributed by atoms with E-state index in [0.29, 0.717) is 38.2 Å². The summed E-state index contributed by atoms with van der Waals surface area (Å²) in [7, 11) is 3.92. The van der Waals surface area contributed by atoms with Gasteiger partial charge in [-0.1, -0.05) is 0 Å². The van der Waals surface area contributed by atoms with E-state index in [1.807, 2.05) is 19.0 Å².